The Balaban J connectivity index is 2.70. The largest absolute Gasteiger partial charge is 0.391 e. The molecule has 0 heterocycles. The summed E-state index contributed by atoms with van der Waals surface area (Å²) in [4.78, 5) is 11.0. The summed E-state index contributed by atoms with van der Waals surface area (Å²) in [7, 11) is 0. The lowest BCUT2D eigenvalue weighted by atomic mass is 9.95. The van der Waals surface area contributed by atoms with Crippen molar-refractivity contribution in [3.8, 4) is 0 Å². The van der Waals surface area contributed by atoms with Crippen molar-refractivity contribution >= 4 is 29.1 Å². The lowest BCUT2D eigenvalue weighted by Crippen LogP contribution is -2.33. The third-order valence-corrected chi connectivity index (χ3v) is 3.26. The van der Waals surface area contributed by atoms with E-state index in [4.69, 9.17) is 23.2 Å². The first-order valence-corrected chi connectivity index (χ1v) is 6.24. The monoisotopic (exact) mass is 287 g/mol. The Morgan fingerprint density at radius 1 is 1.56 bits per heavy atom. The van der Waals surface area contributed by atoms with E-state index in [2.05, 4.69) is 11.9 Å². The topological polar surface area (TPSA) is 49.3 Å². The number of nitrogens with one attached hydrogen (secondary N) is 1. The fourth-order valence-corrected chi connectivity index (χ4v) is 2.11. The van der Waals surface area contributed by atoms with Crippen LogP contribution in [-0.2, 0) is 4.79 Å². The second kappa shape index (κ2) is 6.78. The van der Waals surface area contributed by atoms with Crippen molar-refractivity contribution in [3.63, 3.8) is 0 Å². The molecule has 0 aliphatic heterocycles. The highest BCUT2D eigenvalue weighted by atomic mass is 35.5. The zero-order valence-corrected chi connectivity index (χ0v) is 11.5. The number of rotatable bonds is 5. The van der Waals surface area contributed by atoms with E-state index in [9.17, 15) is 9.90 Å². The molecule has 0 aromatic heterocycles. The van der Waals surface area contributed by atoms with E-state index in [1.54, 1.807) is 18.2 Å². The molecular weight excluding hydrogens is 273 g/mol. The van der Waals surface area contributed by atoms with Gasteiger partial charge < -0.3 is 10.4 Å². The highest BCUT2D eigenvalue weighted by Gasteiger charge is 2.19. The van der Waals surface area contributed by atoms with Gasteiger partial charge in [-0.15, -0.1) is 0 Å². The lowest BCUT2D eigenvalue weighted by molar-refractivity contribution is -0.117. The molecule has 0 saturated heterocycles. The molecule has 1 rings (SSSR count). The molecule has 2 atom stereocenters. The second-order valence-electron chi connectivity index (χ2n) is 3.97. The van der Waals surface area contributed by atoms with Crippen molar-refractivity contribution in [1.29, 1.82) is 0 Å². The van der Waals surface area contributed by atoms with Crippen LogP contribution in [0.4, 0.5) is 0 Å². The average Bonchev–Trinajstić information content (AvgIpc) is 2.34. The Kier molecular flexibility index (Phi) is 5.66. The summed E-state index contributed by atoms with van der Waals surface area (Å²) in [6.45, 7) is 5.31. The van der Waals surface area contributed by atoms with E-state index in [1.165, 1.54) is 0 Å². The predicted octanol–water partition coefficient (Wildman–Crippen LogP) is 2.76. The lowest BCUT2D eigenvalue weighted by Gasteiger charge is -2.20. The average molecular weight is 288 g/mol. The number of aliphatic hydroxyl groups is 1. The van der Waals surface area contributed by atoms with Gasteiger partial charge in [0, 0.05) is 22.5 Å². The Morgan fingerprint density at radius 2 is 2.22 bits per heavy atom. The fraction of sp³-hybridized carbons (Fsp3) is 0.308. The van der Waals surface area contributed by atoms with Crippen LogP contribution in [0.15, 0.2) is 30.9 Å². The van der Waals surface area contributed by atoms with Gasteiger partial charge in [-0.1, -0.05) is 42.8 Å². The number of carbonyl (C=O) groups excluding carboxylic acids is 1. The molecule has 0 aliphatic carbocycles. The van der Waals surface area contributed by atoms with Crippen LogP contribution in [0.2, 0.25) is 10.0 Å². The predicted molar refractivity (Wildman–Crippen MR) is 74.1 cm³/mol. The van der Waals surface area contributed by atoms with E-state index in [-0.39, 0.29) is 18.4 Å². The first-order chi connectivity index (χ1) is 8.45. The number of amides is 1. The highest BCUT2D eigenvalue weighted by Crippen LogP contribution is 2.29. The van der Waals surface area contributed by atoms with Crippen LogP contribution in [0, 0.1) is 0 Å². The van der Waals surface area contributed by atoms with Crippen molar-refractivity contribution in [2.24, 2.45) is 0 Å². The summed E-state index contributed by atoms with van der Waals surface area (Å²) in [5.74, 6) is -0.525. The van der Waals surface area contributed by atoms with E-state index >= 15 is 0 Å². The minimum atomic E-state index is -0.729. The first kappa shape index (κ1) is 15.0. The van der Waals surface area contributed by atoms with Gasteiger partial charge in [-0.2, -0.15) is 0 Å². The maximum Gasteiger partial charge on any atom is 0.243 e. The summed E-state index contributed by atoms with van der Waals surface area (Å²) >= 11 is 11.9. The number of halogens is 2. The Hall–Kier alpha value is -1.03. The molecule has 0 bridgehead atoms. The zero-order valence-electron chi connectivity index (χ0n) is 9.99. The summed E-state index contributed by atoms with van der Waals surface area (Å²) in [5.41, 5.74) is 0.793. The summed E-state index contributed by atoms with van der Waals surface area (Å²) < 4.78 is 0. The minimum absolute atomic E-state index is 0.144. The number of hydrogen-bond acceptors (Lipinski definition) is 2. The van der Waals surface area contributed by atoms with Crippen molar-refractivity contribution in [2.75, 3.05) is 6.54 Å². The minimum Gasteiger partial charge on any atom is -0.391 e. The fourth-order valence-electron chi connectivity index (χ4n) is 1.53. The molecule has 0 fully saturated rings. The van der Waals surface area contributed by atoms with Gasteiger partial charge in [-0.05, 0) is 23.8 Å². The molecule has 1 aromatic carbocycles. The zero-order chi connectivity index (χ0) is 13.7. The molecule has 2 N–H and O–H groups in total. The molecule has 0 radical (unpaired) electrons. The van der Waals surface area contributed by atoms with Crippen LogP contribution in [0.1, 0.15) is 18.4 Å². The standard InChI is InChI=1S/C13H15Cl2NO2/c1-3-13(18)16-7-12(17)8(2)10-5-4-9(14)6-11(10)15/h3-6,8,12,17H,1,7H2,2H3,(H,16,18). The van der Waals surface area contributed by atoms with Gasteiger partial charge in [0.25, 0.3) is 0 Å². The van der Waals surface area contributed by atoms with Gasteiger partial charge in [0.15, 0.2) is 0 Å². The molecule has 18 heavy (non-hydrogen) atoms. The highest BCUT2D eigenvalue weighted by molar-refractivity contribution is 6.35. The van der Waals surface area contributed by atoms with Gasteiger partial charge >= 0.3 is 0 Å². The van der Waals surface area contributed by atoms with Crippen molar-refractivity contribution in [1.82, 2.24) is 5.32 Å². The molecule has 2 unspecified atom stereocenters. The van der Waals surface area contributed by atoms with Gasteiger partial charge in [0.05, 0.1) is 6.10 Å². The molecule has 0 aliphatic rings. The van der Waals surface area contributed by atoms with Crippen LogP contribution in [0.5, 0.6) is 0 Å². The van der Waals surface area contributed by atoms with Gasteiger partial charge in [-0.3, -0.25) is 4.79 Å². The number of hydrogen-bond donors (Lipinski definition) is 2. The van der Waals surface area contributed by atoms with E-state index < -0.39 is 6.10 Å². The van der Waals surface area contributed by atoms with Crippen LogP contribution in [0.25, 0.3) is 0 Å². The molecule has 1 amide bonds. The van der Waals surface area contributed by atoms with Crippen LogP contribution in [-0.4, -0.2) is 23.7 Å². The quantitative estimate of drug-likeness (QED) is 0.818. The number of carbonyl (C=O) groups is 1. The van der Waals surface area contributed by atoms with Gasteiger partial charge in [-0.25, -0.2) is 0 Å². The first-order valence-electron chi connectivity index (χ1n) is 5.49. The molecular formula is C13H15Cl2NO2. The summed E-state index contributed by atoms with van der Waals surface area (Å²) in [5, 5.41) is 13.6. The van der Waals surface area contributed by atoms with E-state index in [1.807, 2.05) is 6.92 Å². The maximum absolute atomic E-state index is 11.0. The molecule has 1 aromatic rings. The van der Waals surface area contributed by atoms with Crippen molar-refractivity contribution in [3.05, 3.63) is 46.5 Å². The molecule has 0 spiro atoms. The summed E-state index contributed by atoms with van der Waals surface area (Å²) in [6.07, 6.45) is 0.430. The van der Waals surface area contributed by atoms with Crippen LogP contribution in [0.3, 0.4) is 0 Å². The molecule has 5 heteroatoms. The third kappa shape index (κ3) is 4.02. The maximum atomic E-state index is 11.0. The molecule has 0 saturated carbocycles. The van der Waals surface area contributed by atoms with E-state index in [0.717, 1.165) is 11.6 Å². The SMILES string of the molecule is C=CC(=O)NCC(O)C(C)c1ccc(Cl)cc1Cl. The van der Waals surface area contributed by atoms with Crippen LogP contribution >= 0.6 is 23.2 Å². The molecule has 3 nitrogen and oxygen atoms in total. The summed E-state index contributed by atoms with van der Waals surface area (Å²) in [6, 6.07) is 5.12. The van der Waals surface area contributed by atoms with E-state index in [0.29, 0.717) is 10.0 Å². The van der Waals surface area contributed by atoms with Crippen LogP contribution < -0.4 is 5.32 Å². The molecule has 98 valence electrons. The normalized spacial score (nSPS) is 13.8. The van der Waals surface area contributed by atoms with Crippen molar-refractivity contribution < 1.29 is 9.90 Å². The second-order valence-corrected chi connectivity index (χ2v) is 4.81. The van der Waals surface area contributed by atoms with Gasteiger partial charge in [0.2, 0.25) is 5.91 Å². The third-order valence-electron chi connectivity index (χ3n) is 2.70. The number of aliphatic hydroxyl groups excluding tert-OH is 1. The van der Waals surface area contributed by atoms with Gasteiger partial charge in [0.1, 0.15) is 0 Å². The smallest absolute Gasteiger partial charge is 0.243 e. The Bertz CT molecular complexity index is 449. The Labute approximate surface area is 116 Å². The van der Waals surface area contributed by atoms with Crippen molar-refractivity contribution in [2.45, 2.75) is 18.9 Å². The Morgan fingerprint density at radius 3 is 2.78 bits per heavy atom. The number of benzene rings is 1.